The first kappa shape index (κ1) is 18.3. The Kier molecular flexibility index (Phi) is 5.49. The van der Waals surface area contributed by atoms with Crippen LogP contribution in [0.25, 0.3) is 0 Å². The molecule has 0 spiro atoms. The van der Waals surface area contributed by atoms with Gasteiger partial charge in [0.2, 0.25) is 5.91 Å². The summed E-state index contributed by atoms with van der Waals surface area (Å²) in [5.41, 5.74) is 1.82. The van der Waals surface area contributed by atoms with Gasteiger partial charge in [-0.15, -0.1) is 0 Å². The van der Waals surface area contributed by atoms with Gasteiger partial charge in [0.25, 0.3) is 0 Å². The number of nitrogens with zero attached hydrogens (tertiary/aromatic N) is 1. The molecule has 0 bridgehead atoms. The quantitative estimate of drug-likeness (QED) is 0.722. The number of carboxylic acids is 1. The molecule has 2 aromatic carbocycles. The Morgan fingerprint density at radius 1 is 1.08 bits per heavy atom. The van der Waals surface area contributed by atoms with Crippen LogP contribution in [0.3, 0.4) is 0 Å². The second-order valence-electron chi connectivity index (χ2n) is 6.17. The fraction of sp³-hybridized carbons (Fsp3) is 0.263. The lowest BCUT2D eigenvalue weighted by atomic mass is 10.1. The lowest BCUT2D eigenvalue weighted by Crippen LogP contribution is -2.46. The van der Waals surface area contributed by atoms with E-state index in [0.29, 0.717) is 0 Å². The van der Waals surface area contributed by atoms with Gasteiger partial charge in [0.1, 0.15) is 12.6 Å². The van der Waals surface area contributed by atoms with Gasteiger partial charge in [-0.25, -0.2) is 4.79 Å². The van der Waals surface area contributed by atoms with Gasteiger partial charge < -0.3 is 20.4 Å². The number of carboxylic acid groups (broad SMARTS) is 1. The number of amides is 1. The predicted molar refractivity (Wildman–Crippen MR) is 99.9 cm³/mol. The third-order valence-electron chi connectivity index (χ3n) is 4.04. The normalized spacial score (nSPS) is 14.8. The molecule has 0 saturated heterocycles. The van der Waals surface area contributed by atoms with Crippen LogP contribution in [0.15, 0.2) is 58.3 Å². The van der Waals surface area contributed by atoms with E-state index in [1.165, 1.54) is 6.92 Å². The lowest BCUT2D eigenvalue weighted by molar-refractivity contribution is -0.142. The van der Waals surface area contributed by atoms with Gasteiger partial charge in [0.15, 0.2) is 0 Å². The Balaban J connectivity index is 1.83. The molecule has 26 heavy (non-hydrogen) atoms. The van der Waals surface area contributed by atoms with E-state index in [2.05, 4.69) is 5.32 Å². The van der Waals surface area contributed by atoms with E-state index >= 15 is 0 Å². The highest BCUT2D eigenvalue weighted by molar-refractivity contribution is 7.99. The number of hydrogen-bond acceptors (Lipinski definition) is 5. The number of carbonyl (C=O) groups excluding carboxylic acids is 1. The molecule has 2 atom stereocenters. The van der Waals surface area contributed by atoms with Crippen LogP contribution in [0, 0.1) is 0 Å². The van der Waals surface area contributed by atoms with Crippen molar-refractivity contribution in [3.63, 3.8) is 0 Å². The Morgan fingerprint density at radius 2 is 1.62 bits per heavy atom. The smallest absolute Gasteiger partial charge is 0.326 e. The van der Waals surface area contributed by atoms with E-state index in [4.69, 9.17) is 0 Å². The zero-order valence-corrected chi connectivity index (χ0v) is 15.1. The number of fused-ring (bicyclic) bond motifs is 2. The van der Waals surface area contributed by atoms with Crippen molar-refractivity contribution >= 4 is 35.0 Å². The highest BCUT2D eigenvalue weighted by atomic mass is 32.2. The van der Waals surface area contributed by atoms with Gasteiger partial charge in [-0.2, -0.15) is 0 Å². The van der Waals surface area contributed by atoms with Crippen LogP contribution in [0.2, 0.25) is 0 Å². The molecule has 1 aliphatic rings. The first-order valence-corrected chi connectivity index (χ1v) is 9.11. The van der Waals surface area contributed by atoms with Crippen LogP contribution < -0.4 is 10.2 Å². The van der Waals surface area contributed by atoms with Crippen molar-refractivity contribution in [1.29, 1.82) is 0 Å². The average molecular weight is 372 g/mol. The maximum absolute atomic E-state index is 12.5. The molecule has 7 heteroatoms. The van der Waals surface area contributed by atoms with Crippen molar-refractivity contribution in [2.24, 2.45) is 0 Å². The third-order valence-corrected chi connectivity index (χ3v) is 5.17. The minimum absolute atomic E-state index is 0.00181. The number of aliphatic hydroxyl groups excluding tert-OH is 1. The number of aliphatic hydroxyl groups is 1. The molecule has 2 unspecified atom stereocenters. The summed E-state index contributed by atoms with van der Waals surface area (Å²) >= 11 is 1.64. The largest absolute Gasteiger partial charge is 0.480 e. The second kappa shape index (κ2) is 7.80. The summed E-state index contributed by atoms with van der Waals surface area (Å²) in [7, 11) is 0. The van der Waals surface area contributed by atoms with Crippen LogP contribution in [0.5, 0.6) is 0 Å². The van der Waals surface area contributed by atoms with E-state index in [0.717, 1.165) is 21.2 Å². The highest BCUT2D eigenvalue weighted by Gasteiger charge is 2.27. The average Bonchev–Trinajstić information content (AvgIpc) is 2.60. The van der Waals surface area contributed by atoms with Gasteiger partial charge in [-0.05, 0) is 31.2 Å². The molecule has 2 aromatic rings. The maximum Gasteiger partial charge on any atom is 0.326 e. The topological polar surface area (TPSA) is 89.9 Å². The van der Waals surface area contributed by atoms with E-state index in [1.807, 2.05) is 53.4 Å². The van der Waals surface area contributed by atoms with E-state index in [9.17, 15) is 19.8 Å². The number of aliphatic carboxylic acids is 1. The number of nitrogens with one attached hydrogen (secondary N) is 1. The van der Waals surface area contributed by atoms with Crippen LogP contribution in [0.1, 0.15) is 13.3 Å². The predicted octanol–water partition coefficient (Wildman–Crippen LogP) is 2.63. The van der Waals surface area contributed by atoms with Crippen LogP contribution in [0.4, 0.5) is 11.4 Å². The minimum Gasteiger partial charge on any atom is -0.480 e. The standard InChI is InChI=1S/C19H20N2O4S/c1-12(22)10-13(19(24)25)20-18(23)11-21-14-6-2-4-8-16(14)26-17-9-5-3-7-15(17)21/h2-9,12-13,22H,10-11H2,1H3,(H,20,23)(H,24,25). The van der Waals surface area contributed by atoms with Crippen LogP contribution in [-0.4, -0.2) is 40.8 Å². The van der Waals surface area contributed by atoms with E-state index in [-0.39, 0.29) is 13.0 Å². The molecule has 0 aliphatic carbocycles. The fourth-order valence-electron chi connectivity index (χ4n) is 2.90. The molecule has 136 valence electrons. The number of para-hydroxylation sites is 2. The van der Waals surface area contributed by atoms with Gasteiger partial charge in [-0.3, -0.25) is 4.79 Å². The monoisotopic (exact) mass is 372 g/mol. The Bertz CT molecular complexity index is 779. The van der Waals surface area contributed by atoms with E-state index in [1.54, 1.807) is 11.8 Å². The maximum atomic E-state index is 12.5. The number of rotatable bonds is 6. The molecule has 6 nitrogen and oxygen atoms in total. The molecule has 1 amide bonds. The van der Waals surface area contributed by atoms with Crippen molar-refractivity contribution in [1.82, 2.24) is 5.32 Å². The van der Waals surface area contributed by atoms with Gasteiger partial charge in [0, 0.05) is 16.2 Å². The number of benzene rings is 2. The summed E-state index contributed by atoms with van der Waals surface area (Å²) < 4.78 is 0. The Labute approximate surface area is 155 Å². The van der Waals surface area contributed by atoms with Crippen molar-refractivity contribution in [2.75, 3.05) is 11.4 Å². The molecule has 0 fully saturated rings. The van der Waals surface area contributed by atoms with Crippen molar-refractivity contribution in [3.8, 4) is 0 Å². The second-order valence-corrected chi connectivity index (χ2v) is 7.25. The zero-order valence-electron chi connectivity index (χ0n) is 14.3. The van der Waals surface area contributed by atoms with Crippen LogP contribution in [-0.2, 0) is 9.59 Å². The molecular weight excluding hydrogens is 352 g/mol. The van der Waals surface area contributed by atoms with E-state index < -0.39 is 24.0 Å². The summed E-state index contributed by atoms with van der Waals surface area (Å²) in [4.78, 5) is 27.8. The SMILES string of the molecule is CC(O)CC(NC(=O)CN1c2ccccc2Sc2ccccc21)C(=O)O. The Hall–Kier alpha value is -2.51. The number of anilines is 2. The third kappa shape index (κ3) is 4.00. The first-order chi connectivity index (χ1) is 12.5. The summed E-state index contributed by atoms with van der Waals surface area (Å²) in [6.45, 7) is 1.49. The summed E-state index contributed by atoms with van der Waals surface area (Å²) in [5, 5.41) is 21.2. The van der Waals surface area contributed by atoms with Crippen molar-refractivity contribution < 1.29 is 19.8 Å². The molecule has 0 aromatic heterocycles. The van der Waals surface area contributed by atoms with Gasteiger partial charge in [-0.1, -0.05) is 36.0 Å². The zero-order chi connectivity index (χ0) is 18.7. The summed E-state index contributed by atoms with van der Waals surface area (Å²) in [6.07, 6.45) is -0.853. The number of hydrogen-bond donors (Lipinski definition) is 3. The van der Waals surface area contributed by atoms with Crippen molar-refractivity contribution in [2.45, 2.75) is 35.3 Å². The lowest BCUT2D eigenvalue weighted by Gasteiger charge is -2.32. The minimum atomic E-state index is -1.16. The molecule has 1 heterocycles. The first-order valence-electron chi connectivity index (χ1n) is 8.29. The summed E-state index contributed by atoms with van der Waals surface area (Å²) in [5.74, 6) is -1.57. The van der Waals surface area contributed by atoms with Crippen LogP contribution >= 0.6 is 11.8 Å². The molecule has 0 saturated carbocycles. The molecule has 3 rings (SSSR count). The van der Waals surface area contributed by atoms with Gasteiger partial charge >= 0.3 is 5.97 Å². The Morgan fingerprint density at radius 3 is 2.12 bits per heavy atom. The fourth-order valence-corrected chi connectivity index (χ4v) is 3.99. The number of carbonyl (C=O) groups is 2. The highest BCUT2D eigenvalue weighted by Crippen LogP contribution is 2.47. The van der Waals surface area contributed by atoms with Gasteiger partial charge in [0.05, 0.1) is 17.5 Å². The molecule has 0 radical (unpaired) electrons. The summed E-state index contributed by atoms with van der Waals surface area (Å²) in [6, 6.07) is 14.5. The molecule has 1 aliphatic heterocycles. The van der Waals surface area contributed by atoms with Crippen molar-refractivity contribution in [3.05, 3.63) is 48.5 Å². The molecule has 3 N–H and O–H groups in total. The molecular formula is C19H20N2O4S.